The van der Waals surface area contributed by atoms with Gasteiger partial charge in [-0.25, -0.2) is 4.39 Å². The Balaban J connectivity index is 2.49. The number of carbonyl (C=O) groups is 1. The molecule has 18 heavy (non-hydrogen) atoms. The molecule has 0 heterocycles. The molecule has 0 unspecified atom stereocenters. The van der Waals surface area contributed by atoms with Crippen molar-refractivity contribution in [3.8, 4) is 5.75 Å². The van der Waals surface area contributed by atoms with Crippen LogP contribution in [0.1, 0.15) is 24.2 Å². The molecule has 0 aromatic heterocycles. The number of amides is 1. The van der Waals surface area contributed by atoms with Gasteiger partial charge < -0.3 is 10.4 Å². The fourth-order valence-corrected chi connectivity index (χ4v) is 1.79. The predicted octanol–water partition coefficient (Wildman–Crippen LogP) is 2.82. The second-order valence-electron chi connectivity index (χ2n) is 4.49. The van der Waals surface area contributed by atoms with Gasteiger partial charge >= 0.3 is 0 Å². The van der Waals surface area contributed by atoms with E-state index in [-0.39, 0.29) is 17.7 Å². The number of nitrogens with one attached hydrogen (secondary N) is 1. The van der Waals surface area contributed by atoms with Gasteiger partial charge in [-0.15, -0.1) is 0 Å². The van der Waals surface area contributed by atoms with Crippen molar-refractivity contribution in [1.29, 1.82) is 0 Å². The van der Waals surface area contributed by atoms with Crippen molar-refractivity contribution in [2.24, 2.45) is 0 Å². The van der Waals surface area contributed by atoms with Crippen LogP contribution in [-0.2, 0) is 0 Å². The molecule has 0 aliphatic heterocycles. The number of halogens is 1. The topological polar surface area (TPSA) is 49.3 Å². The van der Waals surface area contributed by atoms with Crippen molar-refractivity contribution in [2.45, 2.75) is 19.9 Å². The quantitative estimate of drug-likeness (QED) is 0.857. The summed E-state index contributed by atoms with van der Waals surface area (Å²) in [4.78, 5) is 11.8. The van der Waals surface area contributed by atoms with Gasteiger partial charge in [0, 0.05) is 17.0 Å². The summed E-state index contributed by atoms with van der Waals surface area (Å²) in [6.07, 6.45) is 0. The summed E-state index contributed by atoms with van der Waals surface area (Å²) in [6, 6.07) is 7.08. The molecule has 1 amide bonds. The first-order chi connectivity index (χ1) is 8.47. The highest BCUT2D eigenvalue weighted by Gasteiger charge is 2.11. The first-order valence-corrected chi connectivity index (χ1v) is 5.70. The van der Waals surface area contributed by atoms with E-state index in [1.54, 1.807) is 6.07 Å². The SMILES string of the molecule is CC(C)NC(=O)c1cc(O)c2cc(F)ccc2c1. The number of aromatic hydroxyl groups is 1. The van der Waals surface area contributed by atoms with E-state index in [0.29, 0.717) is 16.3 Å². The minimum atomic E-state index is -0.419. The Morgan fingerprint density at radius 1 is 1.28 bits per heavy atom. The molecule has 94 valence electrons. The molecular weight excluding hydrogens is 233 g/mol. The number of rotatable bonds is 2. The Labute approximate surface area is 104 Å². The van der Waals surface area contributed by atoms with E-state index in [1.165, 1.54) is 24.3 Å². The van der Waals surface area contributed by atoms with E-state index < -0.39 is 5.82 Å². The Hall–Kier alpha value is -2.10. The maximum Gasteiger partial charge on any atom is 0.251 e. The van der Waals surface area contributed by atoms with Gasteiger partial charge in [0.25, 0.3) is 5.91 Å². The van der Waals surface area contributed by atoms with Gasteiger partial charge in [0.15, 0.2) is 0 Å². The summed E-state index contributed by atoms with van der Waals surface area (Å²) in [5.41, 5.74) is 0.361. The first kappa shape index (κ1) is 12.4. The molecule has 0 atom stereocenters. The van der Waals surface area contributed by atoms with Gasteiger partial charge in [0.1, 0.15) is 11.6 Å². The van der Waals surface area contributed by atoms with E-state index >= 15 is 0 Å². The highest BCUT2D eigenvalue weighted by Crippen LogP contribution is 2.27. The van der Waals surface area contributed by atoms with E-state index in [2.05, 4.69) is 5.32 Å². The average Bonchev–Trinajstić information content (AvgIpc) is 2.29. The highest BCUT2D eigenvalue weighted by molar-refractivity contribution is 6.00. The van der Waals surface area contributed by atoms with Crippen LogP contribution in [0.2, 0.25) is 0 Å². The van der Waals surface area contributed by atoms with Gasteiger partial charge in [-0.3, -0.25) is 4.79 Å². The predicted molar refractivity (Wildman–Crippen MR) is 68.2 cm³/mol. The molecule has 0 saturated heterocycles. The molecule has 2 aromatic carbocycles. The highest BCUT2D eigenvalue weighted by atomic mass is 19.1. The fraction of sp³-hybridized carbons (Fsp3) is 0.214. The van der Waals surface area contributed by atoms with Gasteiger partial charge in [0.05, 0.1) is 0 Å². The molecule has 0 aliphatic rings. The zero-order chi connectivity index (χ0) is 13.3. The van der Waals surface area contributed by atoms with E-state index in [0.717, 1.165) is 0 Å². The molecular formula is C14H14FNO2. The molecule has 0 radical (unpaired) electrons. The van der Waals surface area contributed by atoms with Crippen LogP contribution in [0.4, 0.5) is 4.39 Å². The zero-order valence-electron chi connectivity index (χ0n) is 10.2. The van der Waals surface area contributed by atoms with Gasteiger partial charge in [-0.05, 0) is 43.5 Å². The van der Waals surface area contributed by atoms with Crippen LogP contribution in [0, 0.1) is 5.82 Å². The number of carbonyl (C=O) groups excluding carboxylic acids is 1. The lowest BCUT2D eigenvalue weighted by atomic mass is 10.0. The van der Waals surface area contributed by atoms with Crippen LogP contribution >= 0.6 is 0 Å². The maximum atomic E-state index is 13.1. The summed E-state index contributed by atoms with van der Waals surface area (Å²) in [7, 11) is 0. The lowest BCUT2D eigenvalue weighted by Crippen LogP contribution is -2.29. The molecule has 0 bridgehead atoms. The second-order valence-corrected chi connectivity index (χ2v) is 4.49. The van der Waals surface area contributed by atoms with Crippen LogP contribution in [0.3, 0.4) is 0 Å². The minimum absolute atomic E-state index is 0.0172. The monoisotopic (exact) mass is 247 g/mol. The summed E-state index contributed by atoms with van der Waals surface area (Å²) in [6.45, 7) is 3.71. The van der Waals surface area contributed by atoms with E-state index in [4.69, 9.17) is 0 Å². The van der Waals surface area contributed by atoms with Crippen molar-refractivity contribution >= 4 is 16.7 Å². The summed E-state index contributed by atoms with van der Waals surface area (Å²) in [5.74, 6) is -0.774. The summed E-state index contributed by atoms with van der Waals surface area (Å²) in [5, 5.41) is 13.6. The molecule has 2 rings (SSSR count). The average molecular weight is 247 g/mol. The third-order valence-electron chi connectivity index (χ3n) is 2.58. The number of hydrogen-bond acceptors (Lipinski definition) is 2. The van der Waals surface area contributed by atoms with Crippen molar-refractivity contribution in [1.82, 2.24) is 5.32 Å². The van der Waals surface area contributed by atoms with Crippen LogP contribution in [0.15, 0.2) is 30.3 Å². The van der Waals surface area contributed by atoms with Gasteiger partial charge in [0.2, 0.25) is 0 Å². The van der Waals surface area contributed by atoms with Gasteiger partial charge in [-0.2, -0.15) is 0 Å². The standard InChI is InChI=1S/C14H14FNO2/c1-8(2)16-14(18)10-5-9-3-4-11(15)7-12(9)13(17)6-10/h3-8,17H,1-2H3,(H,16,18). The molecule has 0 saturated carbocycles. The molecule has 2 aromatic rings. The number of hydrogen-bond donors (Lipinski definition) is 2. The Kier molecular flexibility index (Phi) is 3.19. The molecule has 0 spiro atoms. The third kappa shape index (κ3) is 2.42. The normalized spacial score (nSPS) is 10.9. The number of phenols is 1. The first-order valence-electron chi connectivity index (χ1n) is 5.70. The number of benzene rings is 2. The van der Waals surface area contributed by atoms with Crippen molar-refractivity contribution < 1.29 is 14.3 Å². The smallest absolute Gasteiger partial charge is 0.251 e. The summed E-state index contributed by atoms with van der Waals surface area (Å²) < 4.78 is 13.1. The fourth-order valence-electron chi connectivity index (χ4n) is 1.79. The molecule has 3 nitrogen and oxygen atoms in total. The number of phenolic OH excluding ortho intramolecular Hbond substituents is 1. The van der Waals surface area contributed by atoms with Crippen LogP contribution in [-0.4, -0.2) is 17.1 Å². The largest absolute Gasteiger partial charge is 0.507 e. The van der Waals surface area contributed by atoms with Crippen LogP contribution < -0.4 is 5.32 Å². The van der Waals surface area contributed by atoms with E-state index in [9.17, 15) is 14.3 Å². The Morgan fingerprint density at radius 3 is 2.67 bits per heavy atom. The minimum Gasteiger partial charge on any atom is -0.507 e. The maximum absolute atomic E-state index is 13.1. The summed E-state index contributed by atoms with van der Waals surface area (Å²) >= 11 is 0. The second kappa shape index (κ2) is 4.64. The Morgan fingerprint density at radius 2 is 2.00 bits per heavy atom. The zero-order valence-corrected chi connectivity index (χ0v) is 10.2. The van der Waals surface area contributed by atoms with Crippen LogP contribution in [0.25, 0.3) is 10.8 Å². The molecule has 4 heteroatoms. The molecule has 0 fully saturated rings. The van der Waals surface area contributed by atoms with Crippen molar-refractivity contribution in [3.05, 3.63) is 41.7 Å². The third-order valence-corrected chi connectivity index (χ3v) is 2.58. The van der Waals surface area contributed by atoms with E-state index in [1.807, 2.05) is 13.8 Å². The van der Waals surface area contributed by atoms with Crippen molar-refractivity contribution in [2.75, 3.05) is 0 Å². The van der Waals surface area contributed by atoms with Crippen molar-refractivity contribution in [3.63, 3.8) is 0 Å². The molecule has 0 aliphatic carbocycles. The number of fused-ring (bicyclic) bond motifs is 1. The molecule has 2 N–H and O–H groups in total. The van der Waals surface area contributed by atoms with Gasteiger partial charge in [-0.1, -0.05) is 6.07 Å². The Bertz CT molecular complexity index is 608. The lowest BCUT2D eigenvalue weighted by Gasteiger charge is -2.10. The van der Waals surface area contributed by atoms with Crippen LogP contribution in [0.5, 0.6) is 5.75 Å². The lowest BCUT2D eigenvalue weighted by molar-refractivity contribution is 0.0943.